The van der Waals surface area contributed by atoms with E-state index in [9.17, 15) is 0 Å². The molecule has 21 heteroatoms. The van der Waals surface area contributed by atoms with Crippen LogP contribution in [-0.2, 0) is 0 Å². The predicted octanol–water partition coefficient (Wildman–Crippen LogP) is 15.1. The molecule has 0 aliphatic heterocycles. The summed E-state index contributed by atoms with van der Waals surface area (Å²) in [5.41, 5.74) is -22.8. The van der Waals surface area contributed by atoms with Crippen LogP contribution in [0.1, 0.15) is 53.4 Å². The van der Waals surface area contributed by atoms with E-state index in [1.807, 2.05) is 0 Å². The summed E-state index contributed by atoms with van der Waals surface area (Å²) >= 11 is 0. The monoisotopic (exact) mass is 1140 g/mol. The van der Waals surface area contributed by atoms with Crippen LogP contribution in [0, 0.1) is 93.1 Å². The molecule has 0 saturated carbocycles. The van der Waals surface area contributed by atoms with Crippen molar-refractivity contribution >= 4 is 28.0 Å². The van der Waals surface area contributed by atoms with Gasteiger partial charge >= 0.3 is 0 Å². The van der Waals surface area contributed by atoms with Crippen molar-refractivity contribution in [2.45, 2.75) is 53.4 Å². The fraction of sp³-hybridized carbons (Fsp3) is 0.200. The number of ether oxygens (including phenoxy) is 4. The standard InChI is InChI=1S/C60H44BF16O4/c1-5-25-78-33-17-9-29(10-18-33)37-45(62)53(70)41(54(71)46(37)63)61(42-55(72)47(64)38(48(65)56(42)73)30-11-19-34(20-12-30)79-26-6-2,43-57(74)49(66)39(50(67)58(43)75)31-13-21-35(22-14-31)80-27-7-3)44-59(76)51(68)40(52(69)60(44)77)32-15-23-36(24-16-32)81-28-8-4/h9-24H,5-8,25-28H2,1-4H3/q-1. The van der Waals surface area contributed by atoms with Gasteiger partial charge in [-0.2, -0.15) is 0 Å². The van der Waals surface area contributed by atoms with E-state index in [2.05, 4.69) is 0 Å². The highest BCUT2D eigenvalue weighted by molar-refractivity contribution is 7.20. The van der Waals surface area contributed by atoms with E-state index in [-0.39, 0.29) is 49.4 Å². The summed E-state index contributed by atoms with van der Waals surface area (Å²) in [6, 6.07) is 14.6. The van der Waals surface area contributed by atoms with Crippen LogP contribution < -0.4 is 40.8 Å². The molecule has 0 radical (unpaired) electrons. The zero-order valence-electron chi connectivity index (χ0n) is 43.2. The van der Waals surface area contributed by atoms with E-state index in [0.717, 1.165) is 97.1 Å². The highest BCUT2D eigenvalue weighted by atomic mass is 19.2. The average molecular weight is 1140 g/mol. The maximum Gasteiger partial charge on any atom is 0.166 e. The molecule has 81 heavy (non-hydrogen) atoms. The summed E-state index contributed by atoms with van der Waals surface area (Å²) < 4.78 is 302. The van der Waals surface area contributed by atoms with Gasteiger partial charge in [-0.15, -0.1) is 21.9 Å². The molecule has 0 aliphatic rings. The predicted molar refractivity (Wildman–Crippen MR) is 274 cm³/mol. The van der Waals surface area contributed by atoms with Gasteiger partial charge in [0.25, 0.3) is 0 Å². The second-order valence-corrected chi connectivity index (χ2v) is 18.5. The minimum Gasteiger partial charge on any atom is -0.494 e. The highest BCUT2D eigenvalue weighted by Crippen LogP contribution is 2.40. The van der Waals surface area contributed by atoms with Crippen molar-refractivity contribution in [2.75, 3.05) is 26.4 Å². The highest BCUT2D eigenvalue weighted by Gasteiger charge is 2.52. The SMILES string of the molecule is CCCOc1ccc(-c2c(F)c(F)c([B-](c3c(F)c(F)c(-c4ccc(OCCC)cc4)c(F)c3F)(c3c(F)c(F)c(-c4ccc(OCCC)cc4)c(F)c3F)c3c(F)c(F)c(-c4ccc(OCCC)cc4)c(F)c3F)c(F)c2F)cc1. The molecule has 0 unspecified atom stereocenters. The maximum absolute atomic E-state index is 17.9. The minimum absolute atomic E-state index is 0.0130. The summed E-state index contributed by atoms with van der Waals surface area (Å²) in [4.78, 5) is 0. The largest absolute Gasteiger partial charge is 0.494 e. The summed E-state index contributed by atoms with van der Waals surface area (Å²) in [5, 5.41) is 0. The Morgan fingerprint density at radius 2 is 0.383 bits per heavy atom. The maximum atomic E-state index is 17.9. The Hall–Kier alpha value is -8.10. The Kier molecular flexibility index (Phi) is 17.7. The number of benzene rings is 8. The molecule has 0 spiro atoms. The van der Waals surface area contributed by atoms with E-state index in [1.54, 1.807) is 27.7 Å². The topological polar surface area (TPSA) is 36.9 Å². The molecule has 0 bridgehead atoms. The second-order valence-electron chi connectivity index (χ2n) is 18.5. The molecule has 424 valence electrons. The fourth-order valence-corrected chi connectivity index (χ4v) is 9.75. The summed E-state index contributed by atoms with van der Waals surface area (Å²) in [6.07, 6.45) is -5.19. The van der Waals surface area contributed by atoms with Crippen molar-refractivity contribution in [3.63, 3.8) is 0 Å². The lowest BCUT2D eigenvalue weighted by Gasteiger charge is -2.45. The van der Waals surface area contributed by atoms with Crippen LogP contribution >= 0.6 is 0 Å². The van der Waals surface area contributed by atoms with Crippen molar-refractivity contribution < 1.29 is 89.2 Å². The third kappa shape index (κ3) is 10.4. The smallest absolute Gasteiger partial charge is 0.166 e. The van der Waals surface area contributed by atoms with Crippen LogP contribution in [0.5, 0.6) is 23.0 Å². The zero-order chi connectivity index (χ0) is 58.8. The van der Waals surface area contributed by atoms with E-state index in [4.69, 9.17) is 18.9 Å². The molecule has 0 atom stereocenters. The fourth-order valence-electron chi connectivity index (χ4n) is 9.75. The number of hydrogen-bond acceptors (Lipinski definition) is 4. The van der Waals surface area contributed by atoms with Gasteiger partial charge in [0.2, 0.25) is 0 Å². The first kappa shape index (κ1) is 59.0. The minimum atomic E-state index is -6.99. The quantitative estimate of drug-likeness (QED) is 0.0433. The Labute approximate surface area is 453 Å². The van der Waals surface area contributed by atoms with Crippen LogP contribution in [0.15, 0.2) is 97.1 Å². The molecule has 4 nitrogen and oxygen atoms in total. The lowest BCUT2D eigenvalue weighted by molar-refractivity contribution is 0.317. The summed E-state index contributed by atoms with van der Waals surface area (Å²) in [6.45, 7) is 7.19. The molecular formula is C60H44BF16O4-. The summed E-state index contributed by atoms with van der Waals surface area (Å²) in [7, 11) is 0. The van der Waals surface area contributed by atoms with Gasteiger partial charge in [0, 0.05) is 0 Å². The van der Waals surface area contributed by atoms with Gasteiger partial charge in [0.15, 0.2) is 46.5 Å². The van der Waals surface area contributed by atoms with Crippen LogP contribution in [0.25, 0.3) is 44.5 Å². The van der Waals surface area contributed by atoms with Gasteiger partial charge in [0.05, 0.1) is 48.7 Å². The average Bonchev–Trinajstić information content (AvgIpc) is 3.46. The van der Waals surface area contributed by atoms with Gasteiger partial charge < -0.3 is 18.9 Å². The normalized spacial score (nSPS) is 11.6. The van der Waals surface area contributed by atoms with Crippen molar-refractivity contribution in [2.24, 2.45) is 0 Å². The summed E-state index contributed by atoms with van der Waals surface area (Å²) in [5.74, 6) is -47.6. The van der Waals surface area contributed by atoms with Gasteiger partial charge in [-0.25, -0.2) is 70.2 Å². The number of rotatable bonds is 20. The molecule has 8 aromatic rings. The van der Waals surface area contributed by atoms with E-state index >= 15 is 70.2 Å². The van der Waals surface area contributed by atoms with E-state index in [1.165, 1.54) is 0 Å². The molecule has 0 N–H and O–H groups in total. The molecular weight excluding hydrogens is 1100 g/mol. The molecule has 0 aliphatic carbocycles. The van der Waals surface area contributed by atoms with Crippen LogP contribution in [-0.4, -0.2) is 32.6 Å². The van der Waals surface area contributed by atoms with Crippen molar-refractivity contribution in [1.29, 1.82) is 0 Å². The third-order valence-electron chi connectivity index (χ3n) is 13.4. The number of hydrogen-bond donors (Lipinski definition) is 0. The van der Waals surface area contributed by atoms with Gasteiger partial charge in [-0.1, -0.05) is 76.2 Å². The first-order chi connectivity index (χ1) is 38.7. The first-order valence-corrected chi connectivity index (χ1v) is 25.3. The van der Waals surface area contributed by atoms with Gasteiger partial charge in [-0.05, 0) is 96.5 Å². The molecule has 0 aromatic heterocycles. The molecule has 0 heterocycles. The molecule has 8 aromatic carbocycles. The first-order valence-electron chi connectivity index (χ1n) is 25.3. The lowest BCUT2D eigenvalue weighted by Crippen LogP contribution is -2.81. The van der Waals surface area contributed by atoms with Crippen LogP contribution in [0.3, 0.4) is 0 Å². The van der Waals surface area contributed by atoms with Crippen molar-refractivity contribution in [1.82, 2.24) is 0 Å². The van der Waals surface area contributed by atoms with Gasteiger partial charge in [-0.3, -0.25) is 0 Å². The molecule has 0 amide bonds. The molecule has 0 fully saturated rings. The second kappa shape index (κ2) is 24.3. The lowest BCUT2D eigenvalue weighted by atomic mass is 9.12. The molecule has 0 saturated heterocycles. The molecule has 8 rings (SSSR count). The number of halogens is 16. The van der Waals surface area contributed by atoms with Crippen LogP contribution in [0.2, 0.25) is 0 Å². The van der Waals surface area contributed by atoms with Crippen LogP contribution in [0.4, 0.5) is 70.2 Å². The Bertz CT molecular complexity index is 3060. The van der Waals surface area contributed by atoms with E-state index in [0.29, 0.717) is 25.7 Å². The van der Waals surface area contributed by atoms with E-state index < -0.39 is 166 Å². The van der Waals surface area contributed by atoms with Crippen molar-refractivity contribution in [3.05, 3.63) is 190 Å². The Balaban J connectivity index is 1.60. The van der Waals surface area contributed by atoms with Crippen molar-refractivity contribution in [3.8, 4) is 67.5 Å². The third-order valence-corrected chi connectivity index (χ3v) is 13.4. The zero-order valence-corrected chi connectivity index (χ0v) is 43.2. The Morgan fingerprint density at radius 1 is 0.235 bits per heavy atom. The van der Waals surface area contributed by atoms with Gasteiger partial charge in [0.1, 0.15) is 75.7 Å². The Morgan fingerprint density at radius 3 is 0.519 bits per heavy atom.